The van der Waals surface area contributed by atoms with Gasteiger partial charge in [-0.15, -0.1) is 11.8 Å². The normalized spacial score (nSPS) is 21.3. The molecule has 0 atom stereocenters. The van der Waals surface area contributed by atoms with E-state index in [9.17, 15) is 4.79 Å². The third-order valence-corrected chi connectivity index (χ3v) is 6.28. The number of anilines is 1. The van der Waals surface area contributed by atoms with Crippen LogP contribution in [-0.2, 0) is 9.53 Å². The van der Waals surface area contributed by atoms with Gasteiger partial charge in [0.1, 0.15) is 5.60 Å². The minimum Gasteiger partial charge on any atom is -0.368 e. The molecule has 1 aromatic rings. The number of hydrogen-bond donors (Lipinski definition) is 2. The molecule has 0 spiro atoms. The van der Waals surface area contributed by atoms with Gasteiger partial charge in [0, 0.05) is 22.9 Å². The predicted octanol–water partition coefficient (Wildman–Crippen LogP) is 3.43. The van der Waals surface area contributed by atoms with E-state index < -0.39 is 5.60 Å². The van der Waals surface area contributed by atoms with Gasteiger partial charge in [-0.2, -0.15) is 0 Å². The van der Waals surface area contributed by atoms with Crippen molar-refractivity contribution in [1.82, 2.24) is 5.32 Å². The first kappa shape index (κ1) is 16.8. The molecule has 1 saturated carbocycles. The topological polar surface area (TPSA) is 50.4 Å². The van der Waals surface area contributed by atoms with Gasteiger partial charge >= 0.3 is 0 Å². The van der Waals surface area contributed by atoms with Crippen molar-refractivity contribution in [1.29, 1.82) is 0 Å². The first-order valence-corrected chi connectivity index (χ1v) is 9.44. The number of benzene rings is 1. The number of piperidine rings is 1. The Labute approximate surface area is 142 Å². The second kappa shape index (κ2) is 7.69. The quantitative estimate of drug-likeness (QED) is 0.866. The van der Waals surface area contributed by atoms with Crippen LogP contribution in [0.5, 0.6) is 0 Å². The summed E-state index contributed by atoms with van der Waals surface area (Å²) in [7, 11) is 1.63. The summed E-state index contributed by atoms with van der Waals surface area (Å²) in [5.41, 5.74) is 0.156. The van der Waals surface area contributed by atoms with Crippen LogP contribution in [0, 0.1) is 0 Å². The highest BCUT2D eigenvalue weighted by Gasteiger charge is 2.39. The fourth-order valence-electron chi connectivity index (χ4n) is 3.41. The number of nitrogens with one attached hydrogen (secondary N) is 2. The molecule has 2 aliphatic rings. The largest absolute Gasteiger partial charge is 0.368 e. The van der Waals surface area contributed by atoms with Gasteiger partial charge in [0.2, 0.25) is 0 Å². The molecule has 0 aromatic heterocycles. The minimum atomic E-state index is -0.692. The Hall–Kier alpha value is -1.04. The molecular weight excluding hydrogens is 308 g/mol. The van der Waals surface area contributed by atoms with E-state index in [2.05, 4.69) is 22.8 Å². The van der Waals surface area contributed by atoms with Crippen molar-refractivity contribution in [3.63, 3.8) is 0 Å². The van der Waals surface area contributed by atoms with E-state index in [0.29, 0.717) is 12.8 Å². The number of rotatable bonds is 5. The summed E-state index contributed by atoms with van der Waals surface area (Å²) in [4.78, 5) is 13.9. The lowest BCUT2D eigenvalue weighted by Gasteiger charge is -2.34. The summed E-state index contributed by atoms with van der Waals surface area (Å²) in [6.45, 7) is 1.64. The molecule has 0 unspecified atom stereocenters. The summed E-state index contributed by atoms with van der Waals surface area (Å²) in [6, 6.07) is 8.22. The molecule has 4 nitrogen and oxygen atoms in total. The summed E-state index contributed by atoms with van der Waals surface area (Å²) in [5, 5.41) is 7.06. The van der Waals surface area contributed by atoms with Gasteiger partial charge in [-0.3, -0.25) is 4.79 Å². The van der Waals surface area contributed by atoms with Gasteiger partial charge in [0.05, 0.1) is 0 Å². The van der Waals surface area contributed by atoms with Crippen LogP contribution in [0.2, 0.25) is 0 Å². The van der Waals surface area contributed by atoms with E-state index in [0.717, 1.165) is 24.0 Å². The van der Waals surface area contributed by atoms with Crippen LogP contribution in [0.3, 0.4) is 0 Å². The van der Waals surface area contributed by atoms with Gasteiger partial charge in [0.25, 0.3) is 5.91 Å². The molecule has 0 bridgehead atoms. The van der Waals surface area contributed by atoms with E-state index in [4.69, 9.17) is 4.74 Å². The van der Waals surface area contributed by atoms with Gasteiger partial charge in [-0.05, 0) is 63.0 Å². The van der Waals surface area contributed by atoms with E-state index in [1.807, 2.05) is 23.9 Å². The maximum absolute atomic E-state index is 12.6. The Bertz CT molecular complexity index is 520. The lowest BCUT2D eigenvalue weighted by atomic mass is 9.91. The van der Waals surface area contributed by atoms with Crippen LogP contribution in [0.25, 0.3) is 0 Å². The average Bonchev–Trinajstić information content (AvgIpc) is 3.10. The second-order valence-electron chi connectivity index (χ2n) is 6.45. The molecule has 2 N–H and O–H groups in total. The van der Waals surface area contributed by atoms with Crippen molar-refractivity contribution >= 4 is 23.4 Å². The number of methoxy groups -OCH3 is 1. The smallest absolute Gasteiger partial charge is 0.256 e. The van der Waals surface area contributed by atoms with Gasteiger partial charge in [-0.25, -0.2) is 0 Å². The Balaban J connectivity index is 1.59. The summed E-state index contributed by atoms with van der Waals surface area (Å²) < 4.78 is 5.57. The molecule has 1 amide bonds. The third kappa shape index (κ3) is 4.08. The molecule has 3 rings (SSSR count). The molecule has 1 heterocycles. The highest BCUT2D eigenvalue weighted by Crippen LogP contribution is 2.35. The van der Waals surface area contributed by atoms with Crippen LogP contribution in [-0.4, -0.2) is 37.0 Å². The summed E-state index contributed by atoms with van der Waals surface area (Å²) in [6.07, 6.45) is 6.80. The Morgan fingerprint density at radius 2 is 1.87 bits per heavy atom. The number of thioether (sulfide) groups is 1. The average molecular weight is 334 g/mol. The zero-order valence-corrected chi connectivity index (χ0v) is 14.6. The fraction of sp³-hybridized carbons (Fsp3) is 0.611. The summed E-state index contributed by atoms with van der Waals surface area (Å²) in [5.74, 6) is -0.0299. The van der Waals surface area contributed by atoms with Gasteiger partial charge in [-0.1, -0.05) is 12.8 Å². The van der Waals surface area contributed by atoms with Gasteiger partial charge in [0.15, 0.2) is 0 Å². The van der Waals surface area contributed by atoms with Crippen LogP contribution in [0.15, 0.2) is 29.2 Å². The van der Waals surface area contributed by atoms with Crippen molar-refractivity contribution in [2.24, 2.45) is 0 Å². The standard InChI is InChI=1S/C18H26N2O2S/c1-22-18(10-12-19-13-11-18)17(21)20-14-6-8-16(9-7-14)23-15-4-2-3-5-15/h6-9,15,19H,2-5,10-13H2,1H3,(H,20,21). The van der Waals surface area contributed by atoms with Crippen LogP contribution >= 0.6 is 11.8 Å². The third-order valence-electron chi connectivity index (χ3n) is 4.93. The molecule has 1 aliphatic carbocycles. The van der Waals surface area contributed by atoms with Crippen molar-refractivity contribution in [2.75, 3.05) is 25.5 Å². The number of amides is 1. The maximum atomic E-state index is 12.6. The van der Waals surface area contributed by atoms with Crippen molar-refractivity contribution < 1.29 is 9.53 Å². The number of ether oxygens (including phenoxy) is 1. The fourth-order valence-corrected chi connectivity index (χ4v) is 4.66. The van der Waals surface area contributed by atoms with Crippen LogP contribution in [0.1, 0.15) is 38.5 Å². The zero-order valence-electron chi connectivity index (χ0n) is 13.8. The zero-order chi connectivity index (χ0) is 16.1. The first-order valence-electron chi connectivity index (χ1n) is 8.56. The lowest BCUT2D eigenvalue weighted by molar-refractivity contribution is -0.140. The molecule has 1 aliphatic heterocycles. The molecule has 0 radical (unpaired) electrons. The van der Waals surface area contributed by atoms with Crippen molar-refractivity contribution in [3.8, 4) is 0 Å². The molecule has 2 fully saturated rings. The molecule has 5 heteroatoms. The SMILES string of the molecule is COC1(C(=O)Nc2ccc(SC3CCCC3)cc2)CCNCC1. The lowest BCUT2D eigenvalue weighted by Crippen LogP contribution is -2.51. The van der Waals surface area contributed by atoms with E-state index >= 15 is 0 Å². The van der Waals surface area contributed by atoms with Gasteiger partial charge < -0.3 is 15.4 Å². The van der Waals surface area contributed by atoms with E-state index in [1.165, 1.54) is 30.6 Å². The second-order valence-corrected chi connectivity index (χ2v) is 7.83. The number of hydrogen-bond acceptors (Lipinski definition) is 4. The molecular formula is C18H26N2O2S. The highest BCUT2D eigenvalue weighted by atomic mass is 32.2. The molecule has 1 saturated heterocycles. The summed E-state index contributed by atoms with van der Waals surface area (Å²) >= 11 is 1.96. The molecule has 1 aromatic carbocycles. The Morgan fingerprint density at radius 3 is 2.48 bits per heavy atom. The van der Waals surface area contributed by atoms with Crippen molar-refractivity contribution in [2.45, 2.75) is 54.3 Å². The van der Waals surface area contributed by atoms with Crippen LogP contribution < -0.4 is 10.6 Å². The maximum Gasteiger partial charge on any atom is 0.256 e. The Kier molecular flexibility index (Phi) is 5.62. The monoisotopic (exact) mass is 334 g/mol. The Morgan fingerprint density at radius 1 is 1.22 bits per heavy atom. The van der Waals surface area contributed by atoms with E-state index in [1.54, 1.807) is 7.11 Å². The van der Waals surface area contributed by atoms with Crippen molar-refractivity contribution in [3.05, 3.63) is 24.3 Å². The predicted molar refractivity (Wildman–Crippen MR) is 95.0 cm³/mol. The first-order chi connectivity index (χ1) is 11.2. The minimum absolute atomic E-state index is 0.0299. The van der Waals surface area contributed by atoms with Crippen LogP contribution in [0.4, 0.5) is 5.69 Å². The van der Waals surface area contributed by atoms with E-state index in [-0.39, 0.29) is 5.91 Å². The number of carbonyl (C=O) groups excluding carboxylic acids is 1. The molecule has 126 valence electrons. The number of carbonyl (C=O) groups is 1. The highest BCUT2D eigenvalue weighted by molar-refractivity contribution is 8.00. The molecule has 23 heavy (non-hydrogen) atoms.